The van der Waals surface area contributed by atoms with Gasteiger partial charge in [-0.25, -0.2) is 13.2 Å². The number of benzene rings is 1. The zero-order valence-electron chi connectivity index (χ0n) is 28.5. The number of carbonyl (C=O) groups excluding carboxylic acids is 5. The van der Waals surface area contributed by atoms with Crippen LogP contribution in [0.5, 0.6) is 0 Å². The van der Waals surface area contributed by atoms with Gasteiger partial charge in [0.15, 0.2) is 0 Å². The molecule has 1 aromatic rings. The molecule has 3 heterocycles. The Morgan fingerprint density at radius 3 is 2.68 bits per heavy atom. The molecule has 5 atom stereocenters. The first-order valence-electron chi connectivity index (χ1n) is 17.8. The minimum absolute atomic E-state index is 0.0383. The Bertz CT molecular complexity index is 1690. The average Bonchev–Trinajstić information content (AvgIpc) is 3.98. The predicted octanol–water partition coefficient (Wildman–Crippen LogP) is 3.04. The van der Waals surface area contributed by atoms with E-state index in [1.165, 1.54) is 11.0 Å². The minimum atomic E-state index is -3.89. The Hall–Kier alpha value is -4.20. The lowest BCUT2D eigenvalue weighted by Gasteiger charge is -2.30. The molecule has 50 heavy (non-hydrogen) atoms. The van der Waals surface area contributed by atoms with Crippen molar-refractivity contribution in [2.45, 2.75) is 120 Å². The summed E-state index contributed by atoms with van der Waals surface area (Å²) in [6.07, 6.45) is 9.46. The molecule has 5 amide bonds. The molecule has 0 aromatic heterocycles. The quantitative estimate of drug-likeness (QED) is 0.329. The summed E-state index contributed by atoms with van der Waals surface area (Å²) in [6, 6.07) is 3.89. The van der Waals surface area contributed by atoms with Crippen molar-refractivity contribution in [1.29, 1.82) is 0 Å². The molecule has 5 aliphatic rings. The third kappa shape index (κ3) is 7.59. The van der Waals surface area contributed by atoms with E-state index in [-0.39, 0.29) is 31.7 Å². The summed E-state index contributed by atoms with van der Waals surface area (Å²) >= 11 is 0. The number of allylic oxidation sites excluding steroid dienone is 1. The molecular formula is C36H47N5O8S. The van der Waals surface area contributed by atoms with Crippen LogP contribution in [0.4, 0.5) is 4.79 Å². The fraction of sp³-hybridized carbons (Fsp3) is 0.583. The van der Waals surface area contributed by atoms with Gasteiger partial charge in [0.05, 0.1) is 18.3 Å². The monoisotopic (exact) mass is 709 g/mol. The van der Waals surface area contributed by atoms with Gasteiger partial charge in [-0.1, -0.05) is 56.2 Å². The van der Waals surface area contributed by atoms with Gasteiger partial charge in [-0.2, -0.15) is 0 Å². The van der Waals surface area contributed by atoms with Crippen LogP contribution in [0.1, 0.15) is 94.2 Å². The Morgan fingerprint density at radius 2 is 1.96 bits per heavy atom. The zero-order chi connectivity index (χ0) is 35.6. The summed E-state index contributed by atoms with van der Waals surface area (Å²) in [4.78, 5) is 71.2. The van der Waals surface area contributed by atoms with E-state index in [1.54, 1.807) is 4.90 Å². The van der Waals surface area contributed by atoms with Gasteiger partial charge in [0.25, 0.3) is 5.91 Å². The van der Waals surface area contributed by atoms with Gasteiger partial charge >= 0.3 is 6.09 Å². The topological polar surface area (TPSA) is 171 Å². The van der Waals surface area contributed by atoms with Crippen LogP contribution in [0.3, 0.4) is 0 Å². The van der Waals surface area contributed by atoms with Crippen LogP contribution in [0.15, 0.2) is 36.9 Å². The van der Waals surface area contributed by atoms with Gasteiger partial charge in [-0.3, -0.25) is 28.8 Å². The Balaban J connectivity index is 1.26. The summed E-state index contributed by atoms with van der Waals surface area (Å²) < 4.78 is 33.3. The van der Waals surface area contributed by atoms with Crippen LogP contribution in [-0.2, 0) is 47.0 Å². The van der Waals surface area contributed by atoms with E-state index in [9.17, 15) is 32.4 Å². The summed E-state index contributed by atoms with van der Waals surface area (Å²) in [5.41, 5.74) is 1.52. The standard InChI is InChI=1S/C36H47N5O8S/c1-3-5-14-29-33(44)41-21-26(18-30(41)32(43)38-36(19-25(36)4-2)34(45)39-50(47,48)27-16-17-27)49-35(46)40-20-24-13-10-12-23(28(24)22-40)11-8-6-7-9-15-31(42)37-29/h4,8,10-13,25-27,29-30H,2-3,5-7,9,14-22H2,1H3,(H,37,42)(H,38,43)(H,39,45)/b11-8+/t25-,26-,29+,30+,36-/m1/s1. The summed E-state index contributed by atoms with van der Waals surface area (Å²) in [6.45, 7) is 6.37. The van der Waals surface area contributed by atoms with Crippen molar-refractivity contribution in [3.8, 4) is 0 Å². The predicted molar refractivity (Wildman–Crippen MR) is 184 cm³/mol. The number of ether oxygens (including phenoxy) is 1. The number of carbonyl (C=O) groups is 5. The van der Waals surface area contributed by atoms with Gasteiger partial charge in [0.2, 0.25) is 27.7 Å². The van der Waals surface area contributed by atoms with Crippen molar-refractivity contribution in [1.82, 2.24) is 25.2 Å². The van der Waals surface area contributed by atoms with E-state index >= 15 is 0 Å². The van der Waals surface area contributed by atoms with Crippen molar-refractivity contribution in [3.05, 3.63) is 53.6 Å². The lowest BCUT2D eigenvalue weighted by molar-refractivity contribution is -0.142. The maximum absolute atomic E-state index is 14.2. The second-order valence-corrected chi connectivity index (χ2v) is 16.1. The van der Waals surface area contributed by atoms with Gasteiger partial charge in [0, 0.05) is 25.3 Å². The van der Waals surface area contributed by atoms with Crippen LogP contribution in [0.2, 0.25) is 0 Å². The average molecular weight is 710 g/mol. The molecular weight excluding hydrogens is 662 g/mol. The number of sulfonamides is 1. The number of nitrogens with zero attached hydrogens (tertiary/aromatic N) is 2. The van der Waals surface area contributed by atoms with E-state index in [4.69, 9.17) is 4.74 Å². The van der Waals surface area contributed by atoms with E-state index in [0.717, 1.165) is 36.0 Å². The van der Waals surface area contributed by atoms with E-state index in [2.05, 4.69) is 28.0 Å². The molecule has 1 aromatic carbocycles. The van der Waals surface area contributed by atoms with Crippen molar-refractivity contribution in [3.63, 3.8) is 0 Å². The first-order chi connectivity index (χ1) is 24.0. The molecule has 2 saturated carbocycles. The lowest BCUT2D eigenvalue weighted by Crippen LogP contribution is -2.58. The molecule has 3 N–H and O–H groups in total. The number of unbranched alkanes of at least 4 members (excludes halogenated alkanes) is 1. The van der Waals surface area contributed by atoms with Crippen molar-refractivity contribution < 1.29 is 37.1 Å². The first-order valence-corrected chi connectivity index (χ1v) is 19.3. The van der Waals surface area contributed by atoms with Gasteiger partial charge in [-0.15, -0.1) is 6.58 Å². The molecule has 3 aliphatic heterocycles. The molecule has 270 valence electrons. The fourth-order valence-electron chi connectivity index (χ4n) is 7.23. The van der Waals surface area contributed by atoms with E-state index < -0.39 is 68.7 Å². The van der Waals surface area contributed by atoms with E-state index in [1.807, 2.05) is 31.2 Å². The molecule has 0 unspecified atom stereocenters. The summed E-state index contributed by atoms with van der Waals surface area (Å²) in [5.74, 6) is -2.77. The molecule has 6 rings (SSSR count). The number of hydrogen-bond acceptors (Lipinski definition) is 8. The van der Waals surface area contributed by atoms with Crippen LogP contribution >= 0.6 is 0 Å². The second kappa shape index (κ2) is 14.6. The fourth-order valence-corrected chi connectivity index (χ4v) is 8.60. The molecule has 0 radical (unpaired) electrons. The van der Waals surface area contributed by atoms with Gasteiger partial charge in [-0.05, 0) is 61.6 Å². The van der Waals surface area contributed by atoms with Crippen molar-refractivity contribution >= 4 is 45.8 Å². The largest absolute Gasteiger partial charge is 0.444 e. The maximum atomic E-state index is 14.2. The highest BCUT2D eigenvalue weighted by Crippen LogP contribution is 2.45. The molecule has 3 fully saturated rings. The summed E-state index contributed by atoms with van der Waals surface area (Å²) in [5, 5.41) is 5.02. The molecule has 13 nitrogen and oxygen atoms in total. The highest BCUT2D eigenvalue weighted by molar-refractivity contribution is 7.91. The second-order valence-electron chi connectivity index (χ2n) is 14.2. The highest BCUT2D eigenvalue weighted by Gasteiger charge is 2.62. The molecule has 1 saturated heterocycles. The Morgan fingerprint density at radius 1 is 1.16 bits per heavy atom. The van der Waals surface area contributed by atoms with Crippen molar-refractivity contribution in [2.75, 3.05) is 6.54 Å². The number of amides is 5. The number of fused-ring (bicyclic) bond motifs is 3. The molecule has 4 bridgehead atoms. The first kappa shape index (κ1) is 35.6. The summed E-state index contributed by atoms with van der Waals surface area (Å²) in [7, 11) is -3.89. The highest BCUT2D eigenvalue weighted by atomic mass is 32.2. The Kier molecular flexibility index (Phi) is 10.4. The zero-order valence-corrected chi connectivity index (χ0v) is 29.3. The molecule has 0 spiro atoms. The number of nitrogens with one attached hydrogen (secondary N) is 3. The smallest absolute Gasteiger partial charge is 0.410 e. The van der Waals surface area contributed by atoms with Crippen LogP contribution in [-0.4, -0.2) is 83.5 Å². The maximum Gasteiger partial charge on any atom is 0.410 e. The SMILES string of the molecule is C=C[C@@H]1C[C@]1(NC(=O)[C@@H]1C[C@@H]2CN1C(=O)[C@H](CCCC)NC(=O)CCCC/C=C/c1cccc3c1CN(C3)C(=O)O2)C(=O)NS(=O)(=O)C1CC1. The molecule has 2 aliphatic carbocycles. The third-order valence-electron chi connectivity index (χ3n) is 10.4. The van der Waals surface area contributed by atoms with Gasteiger partial charge < -0.3 is 20.3 Å². The molecule has 14 heteroatoms. The van der Waals surface area contributed by atoms with E-state index in [0.29, 0.717) is 45.2 Å². The van der Waals surface area contributed by atoms with Crippen LogP contribution < -0.4 is 15.4 Å². The van der Waals surface area contributed by atoms with Crippen LogP contribution in [0, 0.1) is 5.92 Å². The van der Waals surface area contributed by atoms with Gasteiger partial charge in [0.1, 0.15) is 23.7 Å². The normalized spacial score (nSPS) is 29.2. The van der Waals surface area contributed by atoms with Crippen LogP contribution in [0.25, 0.3) is 6.08 Å². The minimum Gasteiger partial charge on any atom is -0.444 e. The third-order valence-corrected chi connectivity index (χ3v) is 12.3. The number of rotatable bonds is 9. The van der Waals surface area contributed by atoms with Crippen molar-refractivity contribution in [2.24, 2.45) is 5.92 Å². The number of hydrogen-bond donors (Lipinski definition) is 3. The Labute approximate surface area is 293 Å². The lowest BCUT2D eigenvalue weighted by atomic mass is 10.0.